The minimum Gasteiger partial charge on any atom is -0.504 e. The molecular formula is C44H45N3O12. The maximum Gasteiger partial charge on any atom is 0.408 e. The monoisotopic (exact) mass is 807 g/mol. The number of methoxy groups -OCH3 is 4. The van der Waals surface area contributed by atoms with Gasteiger partial charge in [0.1, 0.15) is 42.5 Å². The maximum atomic E-state index is 14.6. The molecule has 0 aromatic heterocycles. The van der Waals surface area contributed by atoms with Gasteiger partial charge in [0.2, 0.25) is 17.6 Å². The third-order valence-electron chi connectivity index (χ3n) is 9.19. The summed E-state index contributed by atoms with van der Waals surface area (Å²) in [6, 6.07) is 25.1. The molecule has 0 heterocycles. The van der Waals surface area contributed by atoms with Crippen LogP contribution in [-0.2, 0) is 37.1 Å². The number of phenols is 2. The van der Waals surface area contributed by atoms with Crippen LogP contribution >= 0.6 is 0 Å². The molecule has 0 radical (unpaired) electrons. The number of hydrogen-bond acceptors (Lipinski definition) is 12. The van der Waals surface area contributed by atoms with Gasteiger partial charge in [-0.25, -0.2) is 9.59 Å². The van der Waals surface area contributed by atoms with E-state index in [-0.39, 0.29) is 30.1 Å². The normalized spacial score (nSPS) is 12.2. The Hall–Kier alpha value is -7.42. The zero-order chi connectivity index (χ0) is 42.5. The van der Waals surface area contributed by atoms with Gasteiger partial charge in [-0.15, -0.1) is 0 Å². The minimum absolute atomic E-state index is 0.122. The lowest BCUT2D eigenvalue weighted by molar-refractivity contribution is -0.145. The molecule has 3 atom stereocenters. The van der Waals surface area contributed by atoms with E-state index in [1.165, 1.54) is 27.4 Å². The summed E-state index contributed by atoms with van der Waals surface area (Å²) in [6.07, 6.45) is -0.980. The Labute approximate surface area is 340 Å². The predicted molar refractivity (Wildman–Crippen MR) is 214 cm³/mol. The molecule has 5 aromatic rings. The topological polar surface area (TPSA) is 200 Å². The zero-order valence-electron chi connectivity index (χ0n) is 33.0. The molecular weight excluding hydrogens is 762 g/mol. The molecule has 0 fully saturated rings. The van der Waals surface area contributed by atoms with Crippen LogP contribution in [0.4, 0.5) is 4.79 Å². The van der Waals surface area contributed by atoms with Crippen molar-refractivity contribution in [2.24, 2.45) is 0 Å². The Morgan fingerprint density at radius 2 is 1.10 bits per heavy atom. The first-order chi connectivity index (χ1) is 28.5. The van der Waals surface area contributed by atoms with Crippen LogP contribution in [0.1, 0.15) is 51.5 Å². The lowest BCUT2D eigenvalue weighted by atomic mass is 9.99. The molecule has 3 amide bonds. The lowest BCUT2D eigenvalue weighted by Gasteiger charge is -2.26. The Bertz CT molecular complexity index is 2210. The third kappa shape index (κ3) is 10.9. The Morgan fingerprint density at radius 3 is 1.64 bits per heavy atom. The number of alkyl carbamates (subject to hydrolysis) is 1. The summed E-state index contributed by atoms with van der Waals surface area (Å²) in [5, 5.41) is 29.3. The second-order valence-electron chi connectivity index (χ2n) is 13.0. The van der Waals surface area contributed by atoms with Gasteiger partial charge >= 0.3 is 12.1 Å². The van der Waals surface area contributed by atoms with E-state index in [0.29, 0.717) is 33.9 Å². The van der Waals surface area contributed by atoms with Crippen LogP contribution in [0.5, 0.6) is 34.5 Å². The Balaban J connectivity index is 1.55. The number of ether oxygens (including phenoxy) is 6. The molecule has 0 bridgehead atoms. The maximum absolute atomic E-state index is 14.6. The van der Waals surface area contributed by atoms with Crippen molar-refractivity contribution in [3.05, 3.63) is 143 Å². The van der Waals surface area contributed by atoms with Crippen LogP contribution < -0.4 is 34.9 Å². The van der Waals surface area contributed by atoms with Gasteiger partial charge in [0, 0.05) is 5.56 Å². The van der Waals surface area contributed by atoms with Gasteiger partial charge < -0.3 is 54.6 Å². The summed E-state index contributed by atoms with van der Waals surface area (Å²) in [5.41, 5.74) is 2.52. The molecule has 15 nitrogen and oxygen atoms in total. The molecule has 15 heteroatoms. The lowest BCUT2D eigenvalue weighted by Crippen LogP contribution is -2.47. The average Bonchev–Trinajstić information content (AvgIpc) is 3.25. The van der Waals surface area contributed by atoms with E-state index in [0.717, 1.165) is 24.8 Å². The van der Waals surface area contributed by atoms with E-state index in [1.54, 1.807) is 61.5 Å². The molecule has 0 aliphatic heterocycles. The highest BCUT2D eigenvalue weighted by molar-refractivity contribution is 5.95. The fourth-order valence-corrected chi connectivity index (χ4v) is 6.07. The highest BCUT2D eigenvalue weighted by atomic mass is 16.5. The first kappa shape index (κ1) is 42.7. The fourth-order valence-electron chi connectivity index (χ4n) is 6.07. The van der Waals surface area contributed by atoms with Gasteiger partial charge in [0.25, 0.3) is 0 Å². The fraction of sp³-hybridized carbons (Fsp3) is 0.227. The number of hydrogen-bond donors (Lipinski definition) is 5. The molecule has 308 valence electrons. The SMILES string of the molecule is COC(=O)[C@H](NC(=O)[C@H](NC(=O)[C@@H](NC(=O)OCc1ccccc1)c1cc(OC)c(C)c(OCc2ccccc2)c1)c1cc(O)c(OC)c(O)c1)c1ccc(OC)cc1. The molecule has 5 N–H and O–H groups in total. The highest BCUT2D eigenvalue weighted by Crippen LogP contribution is 2.39. The Morgan fingerprint density at radius 1 is 0.576 bits per heavy atom. The number of rotatable bonds is 17. The van der Waals surface area contributed by atoms with Gasteiger partial charge in [0.05, 0.1) is 28.4 Å². The number of carbonyl (C=O) groups excluding carboxylic acids is 4. The number of esters is 1. The van der Waals surface area contributed by atoms with E-state index in [9.17, 15) is 29.4 Å². The summed E-state index contributed by atoms with van der Waals surface area (Å²) in [7, 11) is 5.27. The summed E-state index contributed by atoms with van der Waals surface area (Å²) >= 11 is 0. The predicted octanol–water partition coefficient (Wildman–Crippen LogP) is 5.87. The van der Waals surface area contributed by atoms with Crippen LogP contribution in [0, 0.1) is 6.92 Å². The van der Waals surface area contributed by atoms with Crippen molar-refractivity contribution >= 4 is 23.9 Å². The van der Waals surface area contributed by atoms with Crippen LogP contribution in [0.2, 0.25) is 0 Å². The van der Waals surface area contributed by atoms with Crippen molar-refractivity contribution in [2.45, 2.75) is 38.3 Å². The first-order valence-corrected chi connectivity index (χ1v) is 18.2. The number of aromatic hydroxyl groups is 2. The van der Waals surface area contributed by atoms with E-state index in [1.807, 2.05) is 36.4 Å². The van der Waals surface area contributed by atoms with E-state index >= 15 is 0 Å². The van der Waals surface area contributed by atoms with Crippen LogP contribution in [0.3, 0.4) is 0 Å². The molecule has 5 rings (SSSR count). The largest absolute Gasteiger partial charge is 0.504 e. The molecule has 0 aliphatic rings. The number of benzene rings is 5. The summed E-state index contributed by atoms with van der Waals surface area (Å²) in [5.74, 6) is -3.02. The van der Waals surface area contributed by atoms with Crippen molar-refractivity contribution in [3.8, 4) is 34.5 Å². The second-order valence-corrected chi connectivity index (χ2v) is 13.0. The van der Waals surface area contributed by atoms with Crippen LogP contribution in [0.15, 0.2) is 109 Å². The minimum atomic E-state index is -1.72. The average molecular weight is 808 g/mol. The van der Waals surface area contributed by atoms with Crippen LogP contribution in [0.25, 0.3) is 0 Å². The summed E-state index contributed by atoms with van der Waals surface area (Å²) < 4.78 is 32.6. The van der Waals surface area contributed by atoms with Crippen molar-refractivity contribution in [2.75, 3.05) is 28.4 Å². The number of nitrogens with one attached hydrogen (secondary N) is 3. The quantitative estimate of drug-likeness (QED) is 0.0702. The van der Waals surface area contributed by atoms with Crippen molar-refractivity contribution in [3.63, 3.8) is 0 Å². The third-order valence-corrected chi connectivity index (χ3v) is 9.19. The molecule has 0 spiro atoms. The smallest absolute Gasteiger partial charge is 0.408 e. The molecule has 59 heavy (non-hydrogen) atoms. The Kier molecular flexibility index (Phi) is 14.6. The summed E-state index contributed by atoms with van der Waals surface area (Å²) in [4.78, 5) is 55.5. The van der Waals surface area contributed by atoms with E-state index < -0.39 is 53.5 Å². The van der Waals surface area contributed by atoms with Gasteiger partial charge in [-0.1, -0.05) is 72.8 Å². The van der Waals surface area contributed by atoms with Crippen molar-refractivity contribution < 1.29 is 57.8 Å². The van der Waals surface area contributed by atoms with Crippen molar-refractivity contribution in [1.82, 2.24) is 16.0 Å². The number of carbonyl (C=O) groups is 4. The van der Waals surface area contributed by atoms with Crippen LogP contribution in [-0.4, -0.2) is 62.5 Å². The number of amides is 3. The molecule has 0 aliphatic carbocycles. The van der Waals surface area contributed by atoms with Gasteiger partial charge in [0.15, 0.2) is 17.5 Å². The van der Waals surface area contributed by atoms with E-state index in [2.05, 4.69) is 16.0 Å². The van der Waals surface area contributed by atoms with E-state index in [4.69, 9.17) is 28.4 Å². The highest BCUT2D eigenvalue weighted by Gasteiger charge is 2.34. The molecule has 0 saturated carbocycles. The first-order valence-electron chi connectivity index (χ1n) is 18.2. The van der Waals surface area contributed by atoms with Gasteiger partial charge in [-0.3, -0.25) is 9.59 Å². The summed E-state index contributed by atoms with van der Waals surface area (Å²) in [6.45, 7) is 1.81. The zero-order valence-corrected chi connectivity index (χ0v) is 33.0. The number of phenolic OH excluding ortho intramolecular Hbond substituents is 2. The van der Waals surface area contributed by atoms with Crippen molar-refractivity contribution in [1.29, 1.82) is 0 Å². The second kappa shape index (κ2) is 20.1. The molecule has 0 saturated heterocycles. The standard InChI is InChI=1S/C44H45N3O12/c1-26-35(55-3)22-31(23-36(26)58-24-27-12-8-6-9-13-27)38(47-44(53)59-25-28-14-10-7-11-15-28)42(51)45-37(30-20-33(48)40(56-4)34(49)21-30)41(50)46-39(43(52)57-5)29-16-18-32(54-2)19-17-29/h6-23,37-39,48-49H,24-25H2,1-5H3,(H,45,51)(H,46,50)(H,47,53)/t37-,38+,39-/m1/s1. The van der Waals surface area contributed by atoms with Gasteiger partial charge in [-0.2, -0.15) is 0 Å². The van der Waals surface area contributed by atoms with Gasteiger partial charge in [-0.05, 0) is 71.1 Å². The molecule has 0 unspecified atom stereocenters. The molecule has 5 aromatic carbocycles.